The summed E-state index contributed by atoms with van der Waals surface area (Å²) in [6.07, 6.45) is 9.68. The number of nitriles is 2. The fourth-order valence-corrected chi connectivity index (χ4v) is 4.12. The number of hydrogen-bond donors (Lipinski definition) is 1. The number of anilines is 2. The van der Waals surface area contributed by atoms with E-state index < -0.39 is 0 Å². The predicted octanol–water partition coefficient (Wildman–Crippen LogP) is 5.13. The molecule has 0 atom stereocenters. The van der Waals surface area contributed by atoms with E-state index in [1.807, 2.05) is 36.0 Å². The largest absolute Gasteiger partial charge is 0.321 e. The molecule has 2 aromatic heterocycles. The van der Waals surface area contributed by atoms with Gasteiger partial charge < -0.3 is 5.32 Å². The SMILES string of the molecule is Cc1cnc(Nc2cnn(C3CCC(C#N)CC3)c2)nc1-c1ccc(C(=O)CCC#N)cc1. The molecule has 166 valence electrons. The third kappa shape index (κ3) is 5.24. The molecular weight excluding hydrogens is 414 g/mol. The van der Waals surface area contributed by atoms with Crippen molar-refractivity contribution in [3.63, 3.8) is 0 Å². The lowest BCUT2D eigenvalue weighted by molar-refractivity contribution is 0.0984. The molecule has 0 unspecified atom stereocenters. The Balaban J connectivity index is 1.46. The Kier molecular flexibility index (Phi) is 6.75. The molecule has 2 heterocycles. The zero-order valence-electron chi connectivity index (χ0n) is 18.5. The molecule has 1 fully saturated rings. The fourth-order valence-electron chi connectivity index (χ4n) is 4.12. The number of nitrogens with one attached hydrogen (secondary N) is 1. The van der Waals surface area contributed by atoms with Gasteiger partial charge in [0, 0.05) is 42.3 Å². The van der Waals surface area contributed by atoms with E-state index in [0.29, 0.717) is 17.6 Å². The first kappa shape index (κ1) is 22.2. The molecular formula is C25H25N7O. The molecule has 0 saturated heterocycles. The Labute approximate surface area is 192 Å². The second-order valence-corrected chi connectivity index (χ2v) is 8.35. The summed E-state index contributed by atoms with van der Waals surface area (Å²) in [4.78, 5) is 21.2. The summed E-state index contributed by atoms with van der Waals surface area (Å²) in [5, 5.41) is 25.5. The number of hydrogen-bond acceptors (Lipinski definition) is 7. The van der Waals surface area contributed by atoms with E-state index in [9.17, 15) is 4.79 Å². The van der Waals surface area contributed by atoms with Crippen molar-refractivity contribution >= 4 is 17.4 Å². The van der Waals surface area contributed by atoms with Gasteiger partial charge in [-0.15, -0.1) is 0 Å². The molecule has 1 aliphatic carbocycles. The first-order valence-electron chi connectivity index (χ1n) is 11.1. The average molecular weight is 440 g/mol. The molecule has 0 radical (unpaired) electrons. The Morgan fingerprint density at radius 3 is 2.61 bits per heavy atom. The normalized spacial score (nSPS) is 17.7. The van der Waals surface area contributed by atoms with Crippen molar-refractivity contribution in [2.24, 2.45) is 5.92 Å². The minimum atomic E-state index is -0.0389. The molecule has 0 amide bonds. The summed E-state index contributed by atoms with van der Waals surface area (Å²) in [6, 6.07) is 12.0. The summed E-state index contributed by atoms with van der Waals surface area (Å²) >= 11 is 0. The maximum Gasteiger partial charge on any atom is 0.227 e. The second kappa shape index (κ2) is 10.1. The van der Waals surface area contributed by atoms with Gasteiger partial charge in [-0.1, -0.05) is 24.3 Å². The van der Waals surface area contributed by atoms with Crippen LogP contribution in [0.2, 0.25) is 0 Å². The van der Waals surface area contributed by atoms with E-state index in [1.165, 1.54) is 0 Å². The summed E-state index contributed by atoms with van der Waals surface area (Å²) in [7, 11) is 0. The molecule has 1 aromatic carbocycles. The van der Waals surface area contributed by atoms with Crippen LogP contribution in [0.5, 0.6) is 0 Å². The molecule has 4 rings (SSSR count). The van der Waals surface area contributed by atoms with Crippen molar-refractivity contribution in [1.82, 2.24) is 19.7 Å². The van der Waals surface area contributed by atoms with Crippen LogP contribution in [-0.2, 0) is 0 Å². The highest BCUT2D eigenvalue weighted by Gasteiger charge is 2.22. The molecule has 0 spiro atoms. The number of benzene rings is 1. The van der Waals surface area contributed by atoms with Crippen LogP contribution in [0.4, 0.5) is 11.6 Å². The third-order valence-electron chi connectivity index (χ3n) is 6.03. The number of ketones is 1. The quantitative estimate of drug-likeness (QED) is 0.506. The molecule has 0 bridgehead atoms. The highest BCUT2D eigenvalue weighted by Crippen LogP contribution is 2.32. The van der Waals surface area contributed by atoms with E-state index in [0.717, 1.165) is 48.2 Å². The molecule has 3 aromatic rings. The van der Waals surface area contributed by atoms with Crippen molar-refractivity contribution in [2.45, 2.75) is 51.5 Å². The van der Waals surface area contributed by atoms with Gasteiger partial charge in [0.25, 0.3) is 0 Å². The number of aromatic nitrogens is 4. The van der Waals surface area contributed by atoms with E-state index in [-0.39, 0.29) is 24.5 Å². The second-order valence-electron chi connectivity index (χ2n) is 8.35. The topological polar surface area (TPSA) is 120 Å². The Bertz CT molecular complexity index is 1210. The van der Waals surface area contributed by atoms with Crippen molar-refractivity contribution < 1.29 is 4.79 Å². The maximum atomic E-state index is 12.1. The fraction of sp³-hybridized carbons (Fsp3) is 0.360. The smallest absolute Gasteiger partial charge is 0.227 e. The molecule has 8 nitrogen and oxygen atoms in total. The zero-order chi connectivity index (χ0) is 23.2. The average Bonchev–Trinajstić information content (AvgIpc) is 3.32. The predicted molar refractivity (Wildman–Crippen MR) is 124 cm³/mol. The lowest BCUT2D eigenvalue weighted by Gasteiger charge is -2.24. The molecule has 1 N–H and O–H groups in total. The van der Waals surface area contributed by atoms with Crippen LogP contribution in [0.3, 0.4) is 0 Å². The minimum absolute atomic E-state index is 0.0389. The summed E-state index contributed by atoms with van der Waals surface area (Å²) in [5.41, 5.74) is 4.00. The molecule has 0 aliphatic heterocycles. The van der Waals surface area contributed by atoms with Gasteiger partial charge >= 0.3 is 0 Å². The lowest BCUT2D eigenvalue weighted by atomic mass is 9.87. The highest BCUT2D eigenvalue weighted by molar-refractivity contribution is 5.96. The third-order valence-corrected chi connectivity index (χ3v) is 6.03. The van der Waals surface area contributed by atoms with Gasteiger partial charge in [0.2, 0.25) is 5.95 Å². The zero-order valence-corrected chi connectivity index (χ0v) is 18.5. The minimum Gasteiger partial charge on any atom is -0.321 e. The van der Waals surface area contributed by atoms with Crippen LogP contribution >= 0.6 is 0 Å². The van der Waals surface area contributed by atoms with Crippen LogP contribution in [0, 0.1) is 35.5 Å². The van der Waals surface area contributed by atoms with Gasteiger partial charge in [0.05, 0.1) is 35.8 Å². The van der Waals surface area contributed by atoms with Gasteiger partial charge in [-0.25, -0.2) is 9.97 Å². The number of rotatable bonds is 7. The molecule has 1 aliphatic rings. The van der Waals surface area contributed by atoms with Crippen LogP contribution in [0.15, 0.2) is 42.9 Å². The van der Waals surface area contributed by atoms with E-state index in [4.69, 9.17) is 10.5 Å². The summed E-state index contributed by atoms with van der Waals surface area (Å²) in [6.45, 7) is 1.95. The highest BCUT2D eigenvalue weighted by atomic mass is 16.1. The molecule has 8 heteroatoms. The first-order chi connectivity index (χ1) is 16.1. The van der Waals surface area contributed by atoms with Crippen molar-refractivity contribution in [3.8, 4) is 23.4 Å². The van der Waals surface area contributed by atoms with E-state index in [2.05, 4.69) is 26.5 Å². The van der Waals surface area contributed by atoms with Gasteiger partial charge in [0.15, 0.2) is 5.78 Å². The standard InChI is InChI=1S/C25H25N7O/c1-17-14-28-25(30-21-15-29-32(16-21)22-10-4-18(13-27)5-11-22)31-24(17)20-8-6-19(7-9-20)23(33)3-2-12-26/h6-9,14-16,18,22H,2-5,10-11H2,1H3,(H,28,30,31). The van der Waals surface area contributed by atoms with Gasteiger partial charge in [-0.2, -0.15) is 15.6 Å². The van der Waals surface area contributed by atoms with Crippen molar-refractivity contribution in [2.75, 3.05) is 5.32 Å². The summed E-state index contributed by atoms with van der Waals surface area (Å²) in [5.74, 6) is 0.596. The van der Waals surface area contributed by atoms with Gasteiger partial charge in [0.1, 0.15) is 0 Å². The molecule has 33 heavy (non-hydrogen) atoms. The monoisotopic (exact) mass is 439 g/mol. The van der Waals surface area contributed by atoms with Crippen LogP contribution in [0.1, 0.15) is 60.5 Å². The Morgan fingerprint density at radius 2 is 1.91 bits per heavy atom. The van der Waals surface area contributed by atoms with Crippen molar-refractivity contribution in [1.29, 1.82) is 10.5 Å². The summed E-state index contributed by atoms with van der Waals surface area (Å²) < 4.78 is 1.97. The number of carbonyl (C=O) groups excluding carboxylic acids is 1. The number of aryl methyl sites for hydroxylation is 1. The van der Waals surface area contributed by atoms with E-state index in [1.54, 1.807) is 24.5 Å². The Morgan fingerprint density at radius 1 is 1.15 bits per heavy atom. The number of carbonyl (C=O) groups is 1. The first-order valence-corrected chi connectivity index (χ1v) is 11.1. The number of Topliss-reactive ketones (excluding diaryl/α,β-unsaturated/α-hetero) is 1. The maximum absolute atomic E-state index is 12.1. The van der Waals surface area contributed by atoms with Crippen LogP contribution < -0.4 is 5.32 Å². The van der Waals surface area contributed by atoms with Crippen LogP contribution in [-0.4, -0.2) is 25.5 Å². The van der Waals surface area contributed by atoms with Crippen LogP contribution in [0.25, 0.3) is 11.3 Å². The van der Waals surface area contributed by atoms with Gasteiger partial charge in [-0.05, 0) is 38.2 Å². The number of nitrogens with zero attached hydrogens (tertiary/aromatic N) is 6. The molecule has 1 saturated carbocycles. The van der Waals surface area contributed by atoms with E-state index >= 15 is 0 Å². The Hall–Kier alpha value is -4.04. The van der Waals surface area contributed by atoms with Crippen molar-refractivity contribution in [3.05, 3.63) is 54.0 Å². The lowest BCUT2D eigenvalue weighted by Crippen LogP contribution is -2.17. The van der Waals surface area contributed by atoms with Gasteiger partial charge in [-0.3, -0.25) is 9.48 Å².